The summed E-state index contributed by atoms with van der Waals surface area (Å²) in [6, 6.07) is 1.01. The topological polar surface area (TPSA) is 55.8 Å². The van der Waals surface area contributed by atoms with Crippen molar-refractivity contribution in [2.24, 2.45) is 0 Å². The van der Waals surface area contributed by atoms with Crippen LogP contribution in [-0.2, 0) is 0 Å². The van der Waals surface area contributed by atoms with E-state index in [4.69, 9.17) is 0 Å². The number of fused-ring (bicyclic) bond motifs is 2. The van der Waals surface area contributed by atoms with Gasteiger partial charge in [-0.3, -0.25) is 9.69 Å². The van der Waals surface area contributed by atoms with Gasteiger partial charge in [-0.2, -0.15) is 0 Å². The number of piperazine rings is 2. The van der Waals surface area contributed by atoms with E-state index in [1.807, 2.05) is 4.90 Å². The maximum absolute atomic E-state index is 12.8. The van der Waals surface area contributed by atoms with Gasteiger partial charge in [0.1, 0.15) is 0 Å². The van der Waals surface area contributed by atoms with Gasteiger partial charge in [0.25, 0.3) is 5.91 Å². The zero-order valence-corrected chi connectivity index (χ0v) is 16.7. The Morgan fingerprint density at radius 3 is 2.30 bits per heavy atom. The van der Waals surface area contributed by atoms with Crippen molar-refractivity contribution in [3.63, 3.8) is 0 Å². The van der Waals surface area contributed by atoms with Crippen LogP contribution in [0.4, 0.5) is 5.95 Å². The quantitative estimate of drug-likeness (QED) is 0.777. The molecule has 7 nitrogen and oxygen atoms in total. The lowest BCUT2D eigenvalue weighted by molar-refractivity contribution is 0.0635. The third-order valence-corrected chi connectivity index (χ3v) is 6.27. The van der Waals surface area contributed by atoms with Crippen molar-refractivity contribution in [1.29, 1.82) is 0 Å². The van der Waals surface area contributed by atoms with E-state index in [9.17, 15) is 4.79 Å². The van der Waals surface area contributed by atoms with Crippen molar-refractivity contribution in [3.05, 3.63) is 18.0 Å². The summed E-state index contributed by atoms with van der Waals surface area (Å²) in [5, 5.41) is 0. The van der Waals surface area contributed by atoms with E-state index in [2.05, 4.69) is 38.6 Å². The van der Waals surface area contributed by atoms with E-state index in [1.165, 1.54) is 25.7 Å². The lowest BCUT2D eigenvalue weighted by Gasteiger charge is -2.39. The number of aromatic nitrogens is 2. The molecule has 2 atom stereocenters. The number of nitrogens with zero attached hydrogens (tertiary/aromatic N) is 6. The standard InChI is InChI=1S/C20H32N6O/c1-3-4-7-24-8-10-25(11-9-24)19(27)16-12-21-20(22-13-16)26-17-5-6-18(26)15-23(2)14-17/h12-13,17-18H,3-11,14-15H2,1-2H3. The van der Waals surface area contributed by atoms with Crippen LogP contribution in [0.2, 0.25) is 0 Å². The minimum absolute atomic E-state index is 0.0676. The van der Waals surface area contributed by atoms with Gasteiger partial charge in [-0.25, -0.2) is 9.97 Å². The van der Waals surface area contributed by atoms with Crippen LogP contribution in [-0.4, -0.2) is 95.5 Å². The average molecular weight is 373 g/mol. The van der Waals surface area contributed by atoms with Crippen molar-refractivity contribution in [3.8, 4) is 0 Å². The second-order valence-corrected chi connectivity index (χ2v) is 8.27. The molecule has 1 aromatic rings. The summed E-state index contributed by atoms with van der Waals surface area (Å²) in [5.74, 6) is 0.856. The van der Waals surface area contributed by atoms with E-state index in [1.54, 1.807) is 12.4 Å². The number of hydrogen-bond acceptors (Lipinski definition) is 6. The van der Waals surface area contributed by atoms with Crippen LogP contribution in [0.25, 0.3) is 0 Å². The van der Waals surface area contributed by atoms with E-state index >= 15 is 0 Å². The van der Waals surface area contributed by atoms with Crippen LogP contribution in [0.1, 0.15) is 43.0 Å². The Balaban J connectivity index is 1.36. The molecule has 0 aliphatic carbocycles. The predicted molar refractivity (Wildman–Crippen MR) is 106 cm³/mol. The van der Waals surface area contributed by atoms with Gasteiger partial charge >= 0.3 is 0 Å². The molecule has 0 N–H and O–H groups in total. The molecule has 0 radical (unpaired) electrons. The van der Waals surface area contributed by atoms with Crippen LogP contribution in [0.5, 0.6) is 0 Å². The van der Waals surface area contributed by atoms with Gasteiger partial charge in [0.2, 0.25) is 5.95 Å². The normalized spacial score (nSPS) is 26.6. The van der Waals surface area contributed by atoms with Gasteiger partial charge < -0.3 is 14.7 Å². The molecule has 2 unspecified atom stereocenters. The lowest BCUT2D eigenvalue weighted by Crippen LogP contribution is -2.53. The van der Waals surface area contributed by atoms with Crippen LogP contribution in [0, 0.1) is 0 Å². The summed E-state index contributed by atoms with van der Waals surface area (Å²) in [7, 11) is 2.19. The van der Waals surface area contributed by atoms with Gasteiger partial charge in [0, 0.05) is 63.7 Å². The number of likely N-dealkylation sites (tertiary alicyclic amines) is 1. The summed E-state index contributed by atoms with van der Waals surface area (Å²) in [6.45, 7) is 9.04. The fourth-order valence-corrected chi connectivity index (χ4v) is 4.74. The summed E-state index contributed by atoms with van der Waals surface area (Å²) in [6.07, 6.45) is 8.33. The molecule has 3 aliphatic rings. The molecule has 0 aromatic carbocycles. The predicted octanol–water partition coefficient (Wildman–Crippen LogP) is 1.32. The second-order valence-electron chi connectivity index (χ2n) is 8.27. The van der Waals surface area contributed by atoms with Crippen LogP contribution in [0.15, 0.2) is 12.4 Å². The molecule has 0 saturated carbocycles. The highest BCUT2D eigenvalue weighted by molar-refractivity contribution is 5.93. The van der Waals surface area contributed by atoms with E-state index in [0.717, 1.165) is 51.8 Å². The first kappa shape index (κ1) is 18.6. The summed E-state index contributed by atoms with van der Waals surface area (Å²) >= 11 is 0. The van der Waals surface area contributed by atoms with Gasteiger partial charge in [0.05, 0.1) is 5.56 Å². The molecular weight excluding hydrogens is 340 g/mol. The minimum atomic E-state index is 0.0676. The molecule has 148 valence electrons. The highest BCUT2D eigenvalue weighted by Crippen LogP contribution is 2.32. The molecule has 4 rings (SSSR count). The van der Waals surface area contributed by atoms with Gasteiger partial charge in [-0.15, -0.1) is 0 Å². The number of rotatable bonds is 5. The lowest BCUT2D eigenvalue weighted by atomic mass is 10.2. The number of unbranched alkanes of at least 4 members (excludes halogenated alkanes) is 1. The number of likely N-dealkylation sites (N-methyl/N-ethyl adjacent to an activating group) is 1. The maximum Gasteiger partial charge on any atom is 0.257 e. The molecule has 1 aromatic heterocycles. The summed E-state index contributed by atoms with van der Waals surface area (Å²) < 4.78 is 0. The highest BCUT2D eigenvalue weighted by atomic mass is 16.2. The molecule has 2 bridgehead atoms. The molecule has 27 heavy (non-hydrogen) atoms. The largest absolute Gasteiger partial charge is 0.336 e. The molecule has 0 spiro atoms. The fraction of sp³-hybridized carbons (Fsp3) is 0.750. The number of carbonyl (C=O) groups is 1. The van der Waals surface area contributed by atoms with Gasteiger partial charge in [-0.05, 0) is 32.9 Å². The Morgan fingerprint density at radius 1 is 1.07 bits per heavy atom. The second kappa shape index (κ2) is 8.10. The summed E-state index contributed by atoms with van der Waals surface area (Å²) in [5.41, 5.74) is 0.613. The Kier molecular flexibility index (Phi) is 5.59. The molecule has 3 saturated heterocycles. The first-order valence-electron chi connectivity index (χ1n) is 10.5. The van der Waals surface area contributed by atoms with Crippen molar-refractivity contribution in [2.75, 3.05) is 57.8 Å². The monoisotopic (exact) mass is 372 g/mol. The van der Waals surface area contributed by atoms with Crippen LogP contribution in [0.3, 0.4) is 0 Å². The van der Waals surface area contributed by atoms with Crippen molar-refractivity contribution < 1.29 is 4.79 Å². The van der Waals surface area contributed by atoms with Gasteiger partial charge in [-0.1, -0.05) is 13.3 Å². The third kappa shape index (κ3) is 3.94. The molecule has 3 fully saturated rings. The maximum atomic E-state index is 12.8. The zero-order valence-electron chi connectivity index (χ0n) is 16.7. The van der Waals surface area contributed by atoms with Crippen molar-refractivity contribution >= 4 is 11.9 Å². The Morgan fingerprint density at radius 2 is 1.70 bits per heavy atom. The number of amides is 1. The van der Waals surface area contributed by atoms with E-state index in [-0.39, 0.29) is 5.91 Å². The minimum Gasteiger partial charge on any atom is -0.336 e. The average Bonchev–Trinajstić information content (AvgIpc) is 2.97. The fourth-order valence-electron chi connectivity index (χ4n) is 4.74. The van der Waals surface area contributed by atoms with Gasteiger partial charge in [0.15, 0.2) is 0 Å². The first-order chi connectivity index (χ1) is 13.2. The Labute approximate surface area is 162 Å². The Bertz CT molecular complexity index is 628. The molecular formula is C20H32N6O. The molecule has 1 amide bonds. The van der Waals surface area contributed by atoms with Crippen molar-refractivity contribution in [1.82, 2.24) is 24.7 Å². The van der Waals surface area contributed by atoms with Crippen molar-refractivity contribution in [2.45, 2.75) is 44.7 Å². The van der Waals surface area contributed by atoms with Crippen LogP contribution < -0.4 is 4.90 Å². The Hall–Kier alpha value is -1.73. The summed E-state index contributed by atoms with van der Waals surface area (Å²) in [4.78, 5) is 31.1. The smallest absolute Gasteiger partial charge is 0.257 e. The number of carbonyl (C=O) groups excluding carboxylic acids is 1. The third-order valence-electron chi connectivity index (χ3n) is 6.27. The molecule has 7 heteroatoms. The SMILES string of the molecule is CCCCN1CCN(C(=O)c2cnc(N3C4CCC3CN(C)C4)nc2)CC1. The van der Waals surface area contributed by atoms with E-state index in [0.29, 0.717) is 17.6 Å². The van der Waals surface area contributed by atoms with E-state index < -0.39 is 0 Å². The molecule has 4 heterocycles. The highest BCUT2D eigenvalue weighted by Gasteiger charge is 2.40. The first-order valence-corrected chi connectivity index (χ1v) is 10.5. The number of hydrogen-bond donors (Lipinski definition) is 0. The van der Waals surface area contributed by atoms with Crippen LogP contribution >= 0.6 is 0 Å². The molecule has 3 aliphatic heterocycles. The zero-order chi connectivity index (χ0) is 18.8. The number of anilines is 1.